The Balaban J connectivity index is 1.65. The highest BCUT2D eigenvalue weighted by Gasteiger charge is 2.41. The largest absolute Gasteiger partial charge is 0.379 e. The number of hydrogen-bond acceptors (Lipinski definition) is 4. The zero-order valence-corrected chi connectivity index (χ0v) is 17.7. The van der Waals surface area contributed by atoms with Gasteiger partial charge in [0.2, 0.25) is 0 Å². The lowest BCUT2D eigenvalue weighted by atomic mass is 9.70. The Bertz CT molecular complexity index is 1220. The molecule has 0 bridgehead atoms. The van der Waals surface area contributed by atoms with E-state index in [4.69, 9.17) is 4.74 Å². The number of nitrogens with zero attached hydrogens (tertiary/aromatic N) is 3. The highest BCUT2D eigenvalue weighted by molar-refractivity contribution is 6.20. The van der Waals surface area contributed by atoms with Crippen LogP contribution in [0.5, 0.6) is 0 Å². The lowest BCUT2D eigenvalue weighted by Gasteiger charge is -2.34. The number of aromatic nitrogens is 1. The summed E-state index contributed by atoms with van der Waals surface area (Å²) in [4.78, 5) is 16.0. The number of morpholine rings is 1. The molecule has 5 rings (SSSR count). The average molecular weight is 399 g/mol. The fourth-order valence-electron chi connectivity index (χ4n) is 5.15. The first-order chi connectivity index (χ1) is 14.4. The SMILES string of the molecule is Cn1c2c(c3ccc(C#N)cc31)C(=O)c1ccc(CN3CCOCC3)cc1C2(C)C. The predicted molar refractivity (Wildman–Crippen MR) is 116 cm³/mol. The molecule has 0 radical (unpaired) electrons. The van der Waals surface area contributed by atoms with Crippen molar-refractivity contribution in [2.24, 2.45) is 7.05 Å². The third-order valence-electron chi connectivity index (χ3n) is 6.66. The topological polar surface area (TPSA) is 58.3 Å². The lowest BCUT2D eigenvalue weighted by molar-refractivity contribution is 0.0342. The van der Waals surface area contributed by atoms with Crippen LogP contribution in [0.2, 0.25) is 0 Å². The molecule has 1 aliphatic carbocycles. The van der Waals surface area contributed by atoms with Crippen molar-refractivity contribution in [2.75, 3.05) is 26.3 Å². The molecule has 1 aromatic heterocycles. The van der Waals surface area contributed by atoms with Gasteiger partial charge in [-0.15, -0.1) is 0 Å². The van der Waals surface area contributed by atoms with Crippen LogP contribution in [0.25, 0.3) is 10.9 Å². The third kappa shape index (κ3) is 2.72. The van der Waals surface area contributed by atoms with Gasteiger partial charge in [-0.1, -0.05) is 38.1 Å². The molecular formula is C25H25N3O2. The van der Waals surface area contributed by atoms with Crippen molar-refractivity contribution >= 4 is 16.7 Å². The normalized spacial score (nSPS) is 18.1. The molecule has 0 saturated carbocycles. The maximum atomic E-state index is 13.6. The summed E-state index contributed by atoms with van der Waals surface area (Å²) >= 11 is 0. The molecule has 3 aromatic rings. The van der Waals surface area contributed by atoms with E-state index in [0.717, 1.165) is 66.1 Å². The Morgan fingerprint density at radius 2 is 1.90 bits per heavy atom. The first-order valence-corrected chi connectivity index (χ1v) is 10.4. The third-order valence-corrected chi connectivity index (χ3v) is 6.66. The van der Waals surface area contributed by atoms with E-state index in [1.54, 1.807) is 6.07 Å². The van der Waals surface area contributed by atoms with Gasteiger partial charge in [0, 0.05) is 48.7 Å². The van der Waals surface area contributed by atoms with Crippen LogP contribution >= 0.6 is 0 Å². The number of hydrogen-bond donors (Lipinski definition) is 0. The van der Waals surface area contributed by atoms with Gasteiger partial charge < -0.3 is 9.30 Å². The van der Waals surface area contributed by atoms with Crippen LogP contribution < -0.4 is 0 Å². The molecule has 0 N–H and O–H groups in total. The molecule has 0 atom stereocenters. The molecule has 1 aliphatic heterocycles. The van der Waals surface area contributed by atoms with Gasteiger partial charge in [0.05, 0.1) is 35.9 Å². The van der Waals surface area contributed by atoms with Crippen molar-refractivity contribution in [3.8, 4) is 6.07 Å². The zero-order chi connectivity index (χ0) is 21.0. The molecule has 1 fully saturated rings. The van der Waals surface area contributed by atoms with Crippen molar-refractivity contribution in [2.45, 2.75) is 25.8 Å². The molecule has 5 heteroatoms. The second kappa shape index (κ2) is 6.80. The Hall–Kier alpha value is -2.94. The summed E-state index contributed by atoms with van der Waals surface area (Å²) in [6, 6.07) is 14.1. The zero-order valence-electron chi connectivity index (χ0n) is 17.7. The maximum absolute atomic E-state index is 13.6. The van der Waals surface area contributed by atoms with E-state index < -0.39 is 0 Å². The van der Waals surface area contributed by atoms with Gasteiger partial charge in [-0.3, -0.25) is 9.69 Å². The van der Waals surface area contributed by atoms with Crippen molar-refractivity contribution < 1.29 is 9.53 Å². The average Bonchev–Trinajstić information content (AvgIpc) is 3.06. The molecule has 0 unspecified atom stereocenters. The quantitative estimate of drug-likeness (QED) is 0.659. The van der Waals surface area contributed by atoms with Gasteiger partial charge >= 0.3 is 0 Å². The van der Waals surface area contributed by atoms with Crippen LogP contribution in [0, 0.1) is 11.3 Å². The van der Waals surface area contributed by atoms with Gasteiger partial charge in [0.15, 0.2) is 5.78 Å². The number of ketones is 1. The number of ether oxygens (including phenoxy) is 1. The summed E-state index contributed by atoms with van der Waals surface area (Å²) in [6.07, 6.45) is 0. The molecule has 0 amide bonds. The van der Waals surface area contributed by atoms with Crippen LogP contribution in [-0.4, -0.2) is 41.6 Å². The van der Waals surface area contributed by atoms with Crippen LogP contribution in [-0.2, 0) is 23.7 Å². The first kappa shape index (κ1) is 19.0. The highest BCUT2D eigenvalue weighted by Crippen LogP contribution is 2.45. The standard InChI is InChI=1S/C25H25N3O2/c1-25(2)20-12-17(15-28-8-10-30-11-9-28)5-6-18(20)23(29)22-19-7-4-16(14-26)13-21(19)27(3)24(22)25/h4-7,12-13H,8-11,15H2,1-3H3. The van der Waals surface area contributed by atoms with E-state index in [9.17, 15) is 10.1 Å². The Labute approximate surface area is 176 Å². The molecule has 2 aromatic carbocycles. The summed E-state index contributed by atoms with van der Waals surface area (Å²) in [5, 5.41) is 10.2. The Morgan fingerprint density at radius 3 is 2.63 bits per heavy atom. The van der Waals surface area contributed by atoms with E-state index in [1.165, 1.54) is 5.56 Å². The molecular weight excluding hydrogens is 374 g/mol. The van der Waals surface area contributed by atoms with Gasteiger partial charge in [-0.05, 0) is 23.3 Å². The smallest absolute Gasteiger partial charge is 0.195 e. The highest BCUT2D eigenvalue weighted by atomic mass is 16.5. The Kier molecular flexibility index (Phi) is 4.32. The molecule has 0 spiro atoms. The van der Waals surface area contributed by atoms with Crippen molar-refractivity contribution in [3.63, 3.8) is 0 Å². The van der Waals surface area contributed by atoms with Crippen molar-refractivity contribution in [1.29, 1.82) is 5.26 Å². The predicted octanol–water partition coefficient (Wildman–Crippen LogP) is 3.75. The minimum absolute atomic E-state index is 0.0764. The van der Waals surface area contributed by atoms with E-state index in [-0.39, 0.29) is 11.2 Å². The fourth-order valence-corrected chi connectivity index (χ4v) is 5.15. The number of carbonyl (C=O) groups is 1. The molecule has 2 heterocycles. The second-order valence-corrected chi connectivity index (χ2v) is 8.85. The molecule has 5 nitrogen and oxygen atoms in total. The summed E-state index contributed by atoms with van der Waals surface area (Å²) in [5.74, 6) is 0.0764. The van der Waals surface area contributed by atoms with Crippen LogP contribution in [0.1, 0.15) is 52.2 Å². The van der Waals surface area contributed by atoms with Crippen molar-refractivity contribution in [1.82, 2.24) is 9.47 Å². The first-order valence-electron chi connectivity index (χ1n) is 10.4. The Morgan fingerprint density at radius 1 is 1.13 bits per heavy atom. The van der Waals surface area contributed by atoms with Gasteiger partial charge in [0.1, 0.15) is 0 Å². The molecule has 30 heavy (non-hydrogen) atoms. The monoisotopic (exact) mass is 399 g/mol. The fraction of sp³-hybridized carbons (Fsp3) is 0.360. The number of nitriles is 1. The maximum Gasteiger partial charge on any atom is 0.195 e. The number of aryl methyl sites for hydroxylation is 1. The summed E-state index contributed by atoms with van der Waals surface area (Å²) < 4.78 is 7.56. The minimum Gasteiger partial charge on any atom is -0.379 e. The number of benzene rings is 2. The van der Waals surface area contributed by atoms with Gasteiger partial charge in [-0.25, -0.2) is 0 Å². The molecule has 1 saturated heterocycles. The van der Waals surface area contributed by atoms with E-state index in [1.807, 2.05) is 25.2 Å². The summed E-state index contributed by atoms with van der Waals surface area (Å²) in [5.41, 5.74) is 6.11. The van der Waals surface area contributed by atoms with Gasteiger partial charge in [-0.2, -0.15) is 5.26 Å². The number of rotatable bonds is 2. The second-order valence-electron chi connectivity index (χ2n) is 8.85. The molecule has 152 valence electrons. The summed E-state index contributed by atoms with van der Waals surface area (Å²) in [6.45, 7) is 8.69. The lowest BCUT2D eigenvalue weighted by Crippen LogP contribution is -2.36. The molecule has 2 aliphatic rings. The number of fused-ring (bicyclic) bond motifs is 4. The van der Waals surface area contributed by atoms with Crippen LogP contribution in [0.15, 0.2) is 36.4 Å². The van der Waals surface area contributed by atoms with Crippen LogP contribution in [0.4, 0.5) is 0 Å². The summed E-state index contributed by atoms with van der Waals surface area (Å²) in [7, 11) is 2.00. The van der Waals surface area contributed by atoms with Crippen molar-refractivity contribution in [3.05, 3.63) is 69.9 Å². The number of carbonyl (C=O) groups excluding carboxylic acids is 1. The van der Waals surface area contributed by atoms with E-state index >= 15 is 0 Å². The van der Waals surface area contributed by atoms with E-state index in [0.29, 0.717) is 5.56 Å². The minimum atomic E-state index is -0.319. The van der Waals surface area contributed by atoms with E-state index in [2.05, 4.69) is 41.5 Å². The van der Waals surface area contributed by atoms with Gasteiger partial charge in [0.25, 0.3) is 0 Å². The van der Waals surface area contributed by atoms with Crippen LogP contribution in [0.3, 0.4) is 0 Å².